The SMILES string of the molecule is [N-]=[N+]=CC(c1ccccc1)[N+](=O)[O-]. The van der Waals surface area contributed by atoms with Crippen molar-refractivity contribution in [3.8, 4) is 0 Å². The van der Waals surface area contributed by atoms with Crippen molar-refractivity contribution in [2.75, 3.05) is 0 Å². The Morgan fingerprint density at radius 2 is 2.08 bits per heavy atom. The number of rotatable bonds is 3. The summed E-state index contributed by atoms with van der Waals surface area (Å²) in [5.74, 6) is 0. The van der Waals surface area contributed by atoms with Crippen molar-refractivity contribution in [1.82, 2.24) is 0 Å². The maximum atomic E-state index is 10.5. The van der Waals surface area contributed by atoms with Gasteiger partial charge >= 0.3 is 12.3 Å². The molecule has 1 aromatic carbocycles. The number of benzene rings is 1. The fourth-order valence-electron chi connectivity index (χ4n) is 0.976. The van der Waals surface area contributed by atoms with Gasteiger partial charge in [-0.2, -0.15) is 4.79 Å². The first-order valence-corrected chi connectivity index (χ1v) is 3.61. The molecule has 5 heteroatoms. The predicted octanol–water partition coefficient (Wildman–Crippen LogP) is 1.30. The van der Waals surface area contributed by atoms with Crippen molar-refractivity contribution >= 4 is 6.21 Å². The van der Waals surface area contributed by atoms with E-state index in [1.54, 1.807) is 30.3 Å². The maximum Gasteiger partial charge on any atom is 0.335 e. The molecule has 66 valence electrons. The molecule has 0 spiro atoms. The Labute approximate surface area is 74.4 Å². The van der Waals surface area contributed by atoms with Crippen LogP contribution in [0.15, 0.2) is 30.3 Å². The molecule has 0 fully saturated rings. The molecule has 1 aromatic rings. The monoisotopic (exact) mass is 177 g/mol. The van der Waals surface area contributed by atoms with Gasteiger partial charge in [0.15, 0.2) is 0 Å². The zero-order valence-electron chi connectivity index (χ0n) is 6.70. The number of hydrogen-bond acceptors (Lipinski definition) is 2. The molecule has 1 atom stereocenters. The van der Waals surface area contributed by atoms with Gasteiger partial charge in [0.2, 0.25) is 0 Å². The van der Waals surface area contributed by atoms with Gasteiger partial charge in [0.25, 0.3) is 0 Å². The first kappa shape index (κ1) is 9.09. The van der Waals surface area contributed by atoms with E-state index in [0.29, 0.717) is 5.56 Å². The Hall–Kier alpha value is -2.00. The Morgan fingerprint density at radius 3 is 2.54 bits per heavy atom. The normalized spacial score (nSPS) is 11.4. The average Bonchev–Trinajstić information content (AvgIpc) is 2.15. The van der Waals surface area contributed by atoms with Crippen molar-refractivity contribution < 1.29 is 9.71 Å². The second kappa shape index (κ2) is 4.13. The van der Waals surface area contributed by atoms with Crippen molar-refractivity contribution in [3.63, 3.8) is 0 Å². The molecule has 1 rings (SSSR count). The Kier molecular flexibility index (Phi) is 2.89. The van der Waals surface area contributed by atoms with Crippen LogP contribution < -0.4 is 0 Å². The molecule has 0 saturated heterocycles. The van der Waals surface area contributed by atoms with Crippen LogP contribution in [-0.4, -0.2) is 15.9 Å². The highest BCUT2D eigenvalue weighted by atomic mass is 16.6. The van der Waals surface area contributed by atoms with E-state index in [1.807, 2.05) is 0 Å². The summed E-state index contributed by atoms with van der Waals surface area (Å²) < 4.78 is 0. The second-order valence-electron chi connectivity index (χ2n) is 2.41. The van der Waals surface area contributed by atoms with Gasteiger partial charge in [-0.3, -0.25) is 10.1 Å². The van der Waals surface area contributed by atoms with Gasteiger partial charge in [0.05, 0.1) is 0 Å². The van der Waals surface area contributed by atoms with Gasteiger partial charge < -0.3 is 5.53 Å². The third kappa shape index (κ3) is 2.21. The average molecular weight is 177 g/mol. The number of nitrogens with zero attached hydrogens (tertiary/aromatic N) is 3. The highest BCUT2D eigenvalue weighted by Crippen LogP contribution is 2.12. The van der Waals surface area contributed by atoms with Gasteiger partial charge in [0.1, 0.15) is 0 Å². The summed E-state index contributed by atoms with van der Waals surface area (Å²) in [7, 11) is 0. The molecule has 0 heterocycles. The van der Waals surface area contributed by atoms with Gasteiger partial charge in [-0.1, -0.05) is 30.3 Å². The molecular weight excluding hydrogens is 170 g/mol. The van der Waals surface area contributed by atoms with Crippen molar-refractivity contribution in [3.05, 3.63) is 51.5 Å². The van der Waals surface area contributed by atoms with Crippen molar-refractivity contribution in [2.24, 2.45) is 0 Å². The summed E-state index contributed by atoms with van der Waals surface area (Å²) >= 11 is 0. The molecule has 13 heavy (non-hydrogen) atoms. The molecule has 0 N–H and O–H groups in total. The van der Waals surface area contributed by atoms with E-state index in [0.717, 1.165) is 6.21 Å². The van der Waals surface area contributed by atoms with Crippen molar-refractivity contribution in [2.45, 2.75) is 6.04 Å². The minimum absolute atomic E-state index is 0.491. The summed E-state index contributed by atoms with van der Waals surface area (Å²) in [6.07, 6.45) is 0.884. The largest absolute Gasteiger partial charge is 0.362 e. The summed E-state index contributed by atoms with van der Waals surface area (Å²) in [5.41, 5.74) is 8.70. The molecule has 0 aliphatic rings. The van der Waals surface area contributed by atoms with E-state index in [1.165, 1.54) is 0 Å². The zero-order valence-corrected chi connectivity index (χ0v) is 6.70. The first-order valence-electron chi connectivity index (χ1n) is 3.61. The lowest BCUT2D eigenvalue weighted by molar-refractivity contribution is -0.510. The lowest BCUT2D eigenvalue weighted by Gasteiger charge is -1.98. The van der Waals surface area contributed by atoms with E-state index in [2.05, 4.69) is 4.79 Å². The van der Waals surface area contributed by atoms with E-state index in [4.69, 9.17) is 5.53 Å². The molecule has 0 aliphatic heterocycles. The minimum Gasteiger partial charge on any atom is -0.362 e. The number of nitro groups is 1. The van der Waals surface area contributed by atoms with Crippen LogP contribution in [0, 0.1) is 10.1 Å². The van der Waals surface area contributed by atoms with Gasteiger partial charge in [-0.15, -0.1) is 0 Å². The third-order valence-electron chi connectivity index (χ3n) is 1.58. The molecule has 0 bridgehead atoms. The highest BCUT2D eigenvalue weighted by molar-refractivity contribution is 5.59. The van der Waals surface area contributed by atoms with Crippen LogP contribution in [-0.2, 0) is 0 Å². The fraction of sp³-hybridized carbons (Fsp3) is 0.125. The van der Waals surface area contributed by atoms with Crippen LogP contribution in [0.4, 0.5) is 0 Å². The van der Waals surface area contributed by atoms with E-state index in [-0.39, 0.29) is 0 Å². The molecule has 0 radical (unpaired) electrons. The summed E-state index contributed by atoms with van der Waals surface area (Å²) in [5, 5.41) is 10.5. The summed E-state index contributed by atoms with van der Waals surface area (Å²) in [6.45, 7) is 0. The maximum absolute atomic E-state index is 10.5. The Morgan fingerprint density at radius 1 is 1.46 bits per heavy atom. The number of hydrogen-bond donors (Lipinski definition) is 0. The second-order valence-corrected chi connectivity index (χ2v) is 2.41. The summed E-state index contributed by atoms with van der Waals surface area (Å²) in [6, 6.07) is 7.28. The molecule has 0 saturated carbocycles. The van der Waals surface area contributed by atoms with E-state index in [9.17, 15) is 10.1 Å². The van der Waals surface area contributed by atoms with E-state index < -0.39 is 11.0 Å². The van der Waals surface area contributed by atoms with Crippen LogP contribution in [0.5, 0.6) is 0 Å². The standard InChI is InChI=1S/C8H7N3O2/c9-10-6-8(11(12)13)7-4-2-1-3-5-7/h1-6,8H. The Bertz CT molecular complexity index is 342. The molecule has 5 nitrogen and oxygen atoms in total. The van der Waals surface area contributed by atoms with Crippen molar-refractivity contribution in [1.29, 1.82) is 0 Å². The van der Waals surface area contributed by atoms with E-state index >= 15 is 0 Å². The van der Waals surface area contributed by atoms with Crippen LogP contribution in [0.25, 0.3) is 5.53 Å². The van der Waals surface area contributed by atoms with Crippen LogP contribution in [0.3, 0.4) is 0 Å². The molecular formula is C8H7N3O2. The fourth-order valence-corrected chi connectivity index (χ4v) is 0.976. The lowest BCUT2D eigenvalue weighted by atomic mass is 10.1. The third-order valence-corrected chi connectivity index (χ3v) is 1.58. The van der Waals surface area contributed by atoms with Crippen LogP contribution >= 0.6 is 0 Å². The molecule has 0 aromatic heterocycles. The molecule has 1 unspecified atom stereocenters. The minimum atomic E-state index is -1.08. The van der Waals surface area contributed by atoms with Crippen LogP contribution in [0.1, 0.15) is 11.6 Å². The smallest absolute Gasteiger partial charge is 0.335 e. The summed E-state index contributed by atoms with van der Waals surface area (Å²) in [4.78, 5) is 12.6. The van der Waals surface area contributed by atoms with Gasteiger partial charge in [-0.05, 0) is 0 Å². The zero-order chi connectivity index (χ0) is 9.68. The molecule has 0 aliphatic carbocycles. The first-order chi connectivity index (χ1) is 6.25. The van der Waals surface area contributed by atoms with Gasteiger partial charge in [0, 0.05) is 10.5 Å². The topological polar surface area (TPSA) is 79.5 Å². The highest BCUT2D eigenvalue weighted by Gasteiger charge is 2.23. The van der Waals surface area contributed by atoms with Gasteiger partial charge in [-0.25, -0.2) is 0 Å². The lowest BCUT2D eigenvalue weighted by Crippen LogP contribution is -2.11. The Balaban J connectivity index is 3.02. The van der Waals surface area contributed by atoms with Crippen LogP contribution in [0.2, 0.25) is 0 Å². The predicted molar refractivity (Wildman–Crippen MR) is 45.9 cm³/mol. The quantitative estimate of drug-likeness (QED) is 0.229. The molecule has 0 amide bonds.